The van der Waals surface area contributed by atoms with E-state index in [2.05, 4.69) is 5.32 Å². The minimum atomic E-state index is 0.254. The summed E-state index contributed by atoms with van der Waals surface area (Å²) >= 11 is 0. The van der Waals surface area contributed by atoms with Gasteiger partial charge < -0.3 is 11.1 Å². The van der Waals surface area contributed by atoms with Crippen molar-refractivity contribution in [2.45, 2.75) is 69.9 Å². The first-order chi connectivity index (χ1) is 9.70. The van der Waals surface area contributed by atoms with Crippen molar-refractivity contribution >= 4 is 5.91 Å². The van der Waals surface area contributed by atoms with Gasteiger partial charge in [0.25, 0.3) is 0 Å². The molecule has 4 bridgehead atoms. The predicted octanol–water partition coefficient (Wildman–Crippen LogP) is 2.44. The Morgan fingerprint density at radius 2 is 1.65 bits per heavy atom. The number of hydrogen-bond acceptors (Lipinski definition) is 2. The molecular weight excluding hydrogens is 248 g/mol. The van der Waals surface area contributed by atoms with Crippen molar-refractivity contribution in [1.82, 2.24) is 5.32 Å². The number of rotatable bonds is 2. The molecule has 4 fully saturated rings. The molecule has 0 aromatic rings. The molecule has 3 heteroatoms. The fraction of sp³-hybridized carbons (Fsp3) is 0.941. The monoisotopic (exact) mass is 276 g/mol. The van der Waals surface area contributed by atoms with Crippen LogP contribution in [0.4, 0.5) is 0 Å². The quantitative estimate of drug-likeness (QED) is 0.814. The highest BCUT2D eigenvalue weighted by molar-refractivity contribution is 5.79. The SMILES string of the molecule is NC1C2CCCC1CC(C(=O)NC1CC3CCC1C3)C2. The minimum Gasteiger partial charge on any atom is -0.353 e. The van der Waals surface area contributed by atoms with E-state index in [-0.39, 0.29) is 5.92 Å². The van der Waals surface area contributed by atoms with Crippen molar-refractivity contribution < 1.29 is 4.79 Å². The van der Waals surface area contributed by atoms with E-state index < -0.39 is 0 Å². The van der Waals surface area contributed by atoms with Crippen LogP contribution in [0.5, 0.6) is 0 Å². The van der Waals surface area contributed by atoms with Crippen molar-refractivity contribution in [3.05, 3.63) is 0 Å². The Balaban J connectivity index is 1.37. The smallest absolute Gasteiger partial charge is 0.223 e. The Bertz CT molecular complexity index is 382. The Kier molecular flexibility index (Phi) is 3.29. The third-order valence-corrected chi connectivity index (χ3v) is 6.85. The van der Waals surface area contributed by atoms with Crippen LogP contribution in [0.25, 0.3) is 0 Å². The third kappa shape index (κ3) is 2.18. The van der Waals surface area contributed by atoms with E-state index in [0.717, 1.165) is 24.7 Å². The molecule has 4 aliphatic carbocycles. The summed E-state index contributed by atoms with van der Waals surface area (Å²) in [6.45, 7) is 0. The van der Waals surface area contributed by atoms with Gasteiger partial charge in [-0.1, -0.05) is 12.8 Å². The van der Waals surface area contributed by atoms with Gasteiger partial charge in [-0.3, -0.25) is 4.79 Å². The summed E-state index contributed by atoms with van der Waals surface area (Å²) in [5.74, 6) is 3.52. The van der Waals surface area contributed by atoms with Gasteiger partial charge in [0.1, 0.15) is 0 Å². The highest BCUT2D eigenvalue weighted by atomic mass is 16.1. The van der Waals surface area contributed by atoms with Crippen LogP contribution in [-0.2, 0) is 4.79 Å². The number of carbonyl (C=O) groups excluding carboxylic acids is 1. The molecule has 0 saturated heterocycles. The van der Waals surface area contributed by atoms with Crippen LogP contribution in [-0.4, -0.2) is 18.0 Å². The zero-order valence-corrected chi connectivity index (χ0v) is 12.4. The maximum Gasteiger partial charge on any atom is 0.223 e. The van der Waals surface area contributed by atoms with Gasteiger partial charge in [0.2, 0.25) is 5.91 Å². The Labute approximate surface area is 122 Å². The van der Waals surface area contributed by atoms with Crippen LogP contribution < -0.4 is 11.1 Å². The first kappa shape index (κ1) is 13.1. The van der Waals surface area contributed by atoms with Gasteiger partial charge in [0.05, 0.1) is 0 Å². The second-order valence-electron chi connectivity index (χ2n) is 7.99. The lowest BCUT2D eigenvalue weighted by Gasteiger charge is -2.43. The van der Waals surface area contributed by atoms with Crippen LogP contribution in [0.1, 0.15) is 57.8 Å². The molecule has 4 rings (SSSR count). The second kappa shape index (κ2) is 5.01. The number of nitrogens with one attached hydrogen (secondary N) is 1. The molecule has 3 N–H and O–H groups in total. The molecule has 5 atom stereocenters. The van der Waals surface area contributed by atoms with E-state index in [1.54, 1.807) is 0 Å². The molecule has 0 aromatic heterocycles. The molecule has 112 valence electrons. The standard InChI is InChI=1S/C17H28N2O/c18-16-12-2-1-3-13(16)9-14(8-12)17(20)19-15-7-10-4-5-11(15)6-10/h10-16H,1-9,18H2,(H,19,20). The number of amides is 1. The third-order valence-electron chi connectivity index (χ3n) is 6.85. The van der Waals surface area contributed by atoms with E-state index in [4.69, 9.17) is 5.73 Å². The van der Waals surface area contributed by atoms with Crippen molar-refractivity contribution in [1.29, 1.82) is 0 Å². The molecule has 20 heavy (non-hydrogen) atoms. The summed E-state index contributed by atoms with van der Waals surface area (Å²) in [5.41, 5.74) is 6.33. The average Bonchev–Trinajstić information content (AvgIpc) is 3.00. The zero-order chi connectivity index (χ0) is 13.7. The van der Waals surface area contributed by atoms with Crippen LogP contribution in [0, 0.1) is 29.6 Å². The van der Waals surface area contributed by atoms with Gasteiger partial charge in [-0.15, -0.1) is 0 Å². The van der Waals surface area contributed by atoms with Crippen LogP contribution in [0.3, 0.4) is 0 Å². The summed E-state index contributed by atoms with van der Waals surface area (Å²) in [6.07, 6.45) is 11.3. The molecule has 0 heterocycles. The maximum atomic E-state index is 12.6. The normalized spacial score (nSPS) is 50.1. The molecule has 0 aromatic carbocycles. The highest BCUT2D eigenvalue weighted by Crippen LogP contribution is 2.45. The van der Waals surface area contributed by atoms with Gasteiger partial charge in [0, 0.05) is 18.0 Å². The molecule has 1 amide bonds. The Morgan fingerprint density at radius 1 is 0.900 bits per heavy atom. The van der Waals surface area contributed by atoms with Crippen LogP contribution in [0.15, 0.2) is 0 Å². The van der Waals surface area contributed by atoms with Gasteiger partial charge >= 0.3 is 0 Å². The summed E-state index contributed by atoms with van der Waals surface area (Å²) in [4.78, 5) is 12.6. The van der Waals surface area contributed by atoms with Crippen molar-refractivity contribution in [2.24, 2.45) is 35.3 Å². The average molecular weight is 276 g/mol. The van der Waals surface area contributed by atoms with E-state index in [1.165, 1.54) is 44.9 Å². The number of nitrogens with two attached hydrogens (primary N) is 1. The largest absolute Gasteiger partial charge is 0.353 e. The lowest BCUT2D eigenvalue weighted by Crippen LogP contribution is -2.50. The van der Waals surface area contributed by atoms with Gasteiger partial charge in [-0.2, -0.15) is 0 Å². The summed E-state index contributed by atoms with van der Waals surface area (Å²) < 4.78 is 0. The number of carbonyl (C=O) groups is 1. The van der Waals surface area contributed by atoms with Crippen LogP contribution >= 0.6 is 0 Å². The van der Waals surface area contributed by atoms with Gasteiger partial charge in [-0.25, -0.2) is 0 Å². The van der Waals surface area contributed by atoms with Crippen molar-refractivity contribution in [3.63, 3.8) is 0 Å². The topological polar surface area (TPSA) is 55.1 Å². The summed E-state index contributed by atoms with van der Waals surface area (Å²) in [6, 6.07) is 0.868. The lowest BCUT2D eigenvalue weighted by molar-refractivity contribution is -0.129. The molecular formula is C17H28N2O. The minimum absolute atomic E-state index is 0.254. The molecule has 4 saturated carbocycles. The van der Waals surface area contributed by atoms with E-state index >= 15 is 0 Å². The van der Waals surface area contributed by atoms with Crippen molar-refractivity contribution in [2.75, 3.05) is 0 Å². The molecule has 5 unspecified atom stereocenters. The summed E-state index contributed by atoms with van der Waals surface area (Å²) in [7, 11) is 0. The van der Waals surface area contributed by atoms with E-state index in [9.17, 15) is 4.79 Å². The van der Waals surface area contributed by atoms with E-state index in [0.29, 0.717) is 29.8 Å². The highest BCUT2D eigenvalue weighted by Gasteiger charge is 2.43. The number of fused-ring (bicyclic) bond motifs is 4. The zero-order valence-electron chi connectivity index (χ0n) is 12.4. The Hall–Kier alpha value is -0.570. The fourth-order valence-electron chi connectivity index (χ4n) is 5.73. The number of hydrogen-bond donors (Lipinski definition) is 2. The molecule has 0 spiro atoms. The van der Waals surface area contributed by atoms with E-state index in [1.807, 2.05) is 0 Å². The molecule has 0 radical (unpaired) electrons. The second-order valence-corrected chi connectivity index (χ2v) is 7.99. The van der Waals surface area contributed by atoms with Crippen molar-refractivity contribution in [3.8, 4) is 0 Å². The predicted molar refractivity (Wildman–Crippen MR) is 78.9 cm³/mol. The molecule has 3 nitrogen and oxygen atoms in total. The molecule has 4 aliphatic rings. The maximum absolute atomic E-state index is 12.6. The summed E-state index contributed by atoms with van der Waals surface area (Å²) in [5, 5.41) is 3.40. The fourth-order valence-corrected chi connectivity index (χ4v) is 5.73. The van der Waals surface area contributed by atoms with Gasteiger partial charge in [0.15, 0.2) is 0 Å². The molecule has 0 aliphatic heterocycles. The van der Waals surface area contributed by atoms with Crippen LogP contribution in [0.2, 0.25) is 0 Å². The van der Waals surface area contributed by atoms with Gasteiger partial charge in [-0.05, 0) is 68.6 Å². The first-order valence-electron chi connectivity index (χ1n) is 8.76. The Morgan fingerprint density at radius 3 is 2.25 bits per heavy atom. The lowest BCUT2D eigenvalue weighted by atomic mass is 9.65. The first-order valence-corrected chi connectivity index (χ1v) is 8.76.